The normalized spacial score (nSPS) is 19.2. The maximum atomic E-state index is 13.3. The van der Waals surface area contributed by atoms with Crippen LogP contribution < -0.4 is 4.90 Å². The van der Waals surface area contributed by atoms with Gasteiger partial charge < -0.3 is 4.90 Å². The third-order valence-corrected chi connectivity index (χ3v) is 8.02. The minimum atomic E-state index is -3.56. The van der Waals surface area contributed by atoms with Gasteiger partial charge in [-0.3, -0.25) is 9.69 Å². The number of carbonyl (C=O) groups is 1. The highest BCUT2D eigenvalue weighted by Crippen LogP contribution is 2.28. The molecule has 2 heterocycles. The van der Waals surface area contributed by atoms with Crippen molar-refractivity contribution < 1.29 is 13.2 Å². The van der Waals surface area contributed by atoms with E-state index in [4.69, 9.17) is 0 Å². The van der Waals surface area contributed by atoms with E-state index < -0.39 is 10.0 Å². The zero-order valence-corrected chi connectivity index (χ0v) is 18.3. The molecular formula is C23H29N3O3S. The van der Waals surface area contributed by atoms with Gasteiger partial charge >= 0.3 is 0 Å². The fourth-order valence-corrected chi connectivity index (χ4v) is 6.01. The molecule has 0 saturated carbocycles. The summed E-state index contributed by atoms with van der Waals surface area (Å²) in [6.45, 7) is 5.97. The molecule has 1 amide bonds. The Morgan fingerprint density at radius 1 is 0.900 bits per heavy atom. The molecule has 0 spiro atoms. The third kappa shape index (κ3) is 4.43. The van der Waals surface area contributed by atoms with Gasteiger partial charge in [-0.2, -0.15) is 4.31 Å². The zero-order valence-electron chi connectivity index (χ0n) is 17.5. The number of aryl methyl sites for hydroxylation is 1. The molecule has 4 rings (SSSR count). The first kappa shape index (κ1) is 21.0. The Morgan fingerprint density at radius 2 is 1.70 bits per heavy atom. The van der Waals surface area contributed by atoms with Gasteiger partial charge in [-0.15, -0.1) is 0 Å². The Morgan fingerprint density at radius 3 is 2.40 bits per heavy atom. The first-order chi connectivity index (χ1) is 14.4. The van der Waals surface area contributed by atoms with Crippen molar-refractivity contribution in [2.75, 3.05) is 37.6 Å². The summed E-state index contributed by atoms with van der Waals surface area (Å²) in [7, 11) is -3.56. The van der Waals surface area contributed by atoms with Gasteiger partial charge in [0.15, 0.2) is 0 Å². The Bertz CT molecular complexity index is 1010. The highest BCUT2D eigenvalue weighted by molar-refractivity contribution is 7.89. The van der Waals surface area contributed by atoms with Crippen LogP contribution in [0.5, 0.6) is 0 Å². The van der Waals surface area contributed by atoms with Crippen molar-refractivity contribution in [3.8, 4) is 0 Å². The molecule has 30 heavy (non-hydrogen) atoms. The van der Waals surface area contributed by atoms with E-state index in [1.807, 2.05) is 31.2 Å². The van der Waals surface area contributed by atoms with Crippen molar-refractivity contribution >= 4 is 21.6 Å². The van der Waals surface area contributed by atoms with E-state index in [0.717, 1.165) is 31.6 Å². The maximum absolute atomic E-state index is 13.3. The number of rotatable bonds is 5. The molecule has 160 valence electrons. The predicted octanol–water partition coefficient (Wildman–Crippen LogP) is 3.02. The van der Waals surface area contributed by atoms with Gasteiger partial charge in [0.1, 0.15) is 0 Å². The lowest BCUT2D eigenvalue weighted by Gasteiger charge is -2.23. The Balaban J connectivity index is 1.47. The molecule has 2 aromatic carbocycles. The van der Waals surface area contributed by atoms with E-state index in [1.165, 1.54) is 5.56 Å². The van der Waals surface area contributed by atoms with Crippen LogP contribution in [0.25, 0.3) is 0 Å². The third-order valence-electron chi connectivity index (χ3n) is 5.96. The molecule has 0 radical (unpaired) electrons. The predicted molar refractivity (Wildman–Crippen MR) is 118 cm³/mol. The van der Waals surface area contributed by atoms with Crippen LogP contribution in [0.2, 0.25) is 0 Å². The number of nitrogens with zero attached hydrogens (tertiary/aromatic N) is 3. The van der Waals surface area contributed by atoms with Crippen LogP contribution in [-0.4, -0.2) is 56.3 Å². The van der Waals surface area contributed by atoms with Crippen molar-refractivity contribution in [3.05, 3.63) is 59.7 Å². The summed E-state index contributed by atoms with van der Waals surface area (Å²) in [6.07, 6.45) is 2.23. The number of amides is 1. The first-order valence-electron chi connectivity index (χ1n) is 10.6. The molecule has 0 atom stereocenters. The second kappa shape index (κ2) is 8.88. The average Bonchev–Trinajstić information content (AvgIpc) is 3.01. The van der Waals surface area contributed by atoms with Crippen molar-refractivity contribution in [2.24, 2.45) is 0 Å². The maximum Gasteiger partial charge on any atom is 0.243 e. The minimum Gasteiger partial charge on any atom is -0.312 e. The molecule has 2 fully saturated rings. The topological polar surface area (TPSA) is 60.9 Å². The van der Waals surface area contributed by atoms with Gasteiger partial charge in [0.25, 0.3) is 0 Å². The second-order valence-electron chi connectivity index (χ2n) is 8.12. The molecule has 0 bridgehead atoms. The summed E-state index contributed by atoms with van der Waals surface area (Å²) in [5.74, 6) is 0.107. The summed E-state index contributed by atoms with van der Waals surface area (Å²) in [5.41, 5.74) is 2.73. The number of carbonyl (C=O) groups excluding carboxylic acids is 1. The molecule has 6 nitrogen and oxygen atoms in total. The quantitative estimate of drug-likeness (QED) is 0.736. The highest BCUT2D eigenvalue weighted by Gasteiger charge is 2.29. The van der Waals surface area contributed by atoms with Crippen LogP contribution in [0, 0.1) is 6.92 Å². The number of sulfonamides is 1. The fourth-order valence-electron chi connectivity index (χ4n) is 4.34. The van der Waals surface area contributed by atoms with Gasteiger partial charge in [-0.25, -0.2) is 8.42 Å². The Hall–Kier alpha value is -2.22. The van der Waals surface area contributed by atoms with Crippen molar-refractivity contribution in [2.45, 2.75) is 37.6 Å². The second-order valence-corrected chi connectivity index (χ2v) is 10.0. The van der Waals surface area contributed by atoms with E-state index >= 15 is 0 Å². The SMILES string of the molecule is Cc1cc(N2CCCC2=O)ccc1S(=O)(=O)N1CCCN(Cc2ccccc2)CC1. The lowest BCUT2D eigenvalue weighted by atomic mass is 10.2. The number of hydrogen-bond donors (Lipinski definition) is 0. The molecule has 2 aliphatic rings. The molecule has 7 heteroatoms. The van der Waals surface area contributed by atoms with E-state index in [1.54, 1.807) is 21.3 Å². The standard InChI is InChI=1S/C23H29N3O3S/c1-19-17-21(26-14-5-9-23(26)27)10-11-22(19)30(28,29)25-13-6-12-24(15-16-25)18-20-7-3-2-4-8-20/h2-4,7-8,10-11,17H,5-6,9,12-16,18H2,1H3. The minimum absolute atomic E-state index is 0.107. The summed E-state index contributed by atoms with van der Waals surface area (Å²) in [5, 5.41) is 0. The summed E-state index contributed by atoms with van der Waals surface area (Å²) in [6, 6.07) is 15.5. The van der Waals surface area contributed by atoms with E-state index in [-0.39, 0.29) is 5.91 Å². The van der Waals surface area contributed by atoms with Crippen LogP contribution in [0.4, 0.5) is 5.69 Å². The average molecular weight is 428 g/mol. The van der Waals surface area contributed by atoms with E-state index in [2.05, 4.69) is 17.0 Å². The molecule has 0 N–H and O–H groups in total. The molecule has 2 aromatic rings. The van der Waals surface area contributed by atoms with Gasteiger partial charge in [-0.1, -0.05) is 30.3 Å². The van der Waals surface area contributed by atoms with Crippen LogP contribution in [-0.2, 0) is 21.4 Å². The smallest absolute Gasteiger partial charge is 0.243 e. The van der Waals surface area contributed by atoms with Crippen LogP contribution >= 0.6 is 0 Å². The summed E-state index contributed by atoms with van der Waals surface area (Å²) in [4.78, 5) is 16.4. The largest absolute Gasteiger partial charge is 0.312 e. The van der Waals surface area contributed by atoms with Gasteiger partial charge in [0.2, 0.25) is 15.9 Å². The zero-order chi connectivity index (χ0) is 21.1. The lowest BCUT2D eigenvalue weighted by molar-refractivity contribution is -0.117. The number of anilines is 1. The summed E-state index contributed by atoms with van der Waals surface area (Å²) >= 11 is 0. The van der Waals surface area contributed by atoms with Crippen LogP contribution in [0.1, 0.15) is 30.4 Å². The number of benzene rings is 2. The molecule has 2 aliphatic heterocycles. The molecule has 2 saturated heterocycles. The molecule has 0 unspecified atom stereocenters. The molecule has 0 aromatic heterocycles. The van der Waals surface area contributed by atoms with Gasteiger partial charge in [-0.05, 0) is 55.6 Å². The number of hydrogen-bond acceptors (Lipinski definition) is 4. The van der Waals surface area contributed by atoms with Crippen molar-refractivity contribution in [3.63, 3.8) is 0 Å². The van der Waals surface area contributed by atoms with Gasteiger partial charge in [0, 0.05) is 44.8 Å². The molecule has 0 aliphatic carbocycles. The van der Waals surface area contributed by atoms with Crippen molar-refractivity contribution in [1.29, 1.82) is 0 Å². The van der Waals surface area contributed by atoms with Gasteiger partial charge in [0.05, 0.1) is 4.90 Å². The lowest BCUT2D eigenvalue weighted by Crippen LogP contribution is -2.35. The van der Waals surface area contributed by atoms with E-state index in [0.29, 0.717) is 43.1 Å². The monoisotopic (exact) mass is 427 g/mol. The molecular weight excluding hydrogens is 398 g/mol. The highest BCUT2D eigenvalue weighted by atomic mass is 32.2. The first-order valence-corrected chi connectivity index (χ1v) is 12.1. The summed E-state index contributed by atoms with van der Waals surface area (Å²) < 4.78 is 28.3. The van der Waals surface area contributed by atoms with Crippen molar-refractivity contribution in [1.82, 2.24) is 9.21 Å². The fraction of sp³-hybridized carbons (Fsp3) is 0.435. The van der Waals surface area contributed by atoms with Crippen LogP contribution in [0.3, 0.4) is 0 Å². The van der Waals surface area contributed by atoms with Crippen LogP contribution in [0.15, 0.2) is 53.4 Å². The van der Waals surface area contributed by atoms with E-state index in [9.17, 15) is 13.2 Å². The Kier molecular flexibility index (Phi) is 6.22. The Labute approximate surface area is 179 Å².